The van der Waals surface area contributed by atoms with Gasteiger partial charge in [0.05, 0.1) is 0 Å². The molecule has 0 bridgehead atoms. The number of hydrogen-bond donors (Lipinski definition) is 0. The summed E-state index contributed by atoms with van der Waals surface area (Å²) in [4.78, 5) is 31.6. The van der Waals surface area contributed by atoms with Gasteiger partial charge in [-0.2, -0.15) is 5.10 Å². The monoisotopic (exact) mass is 403 g/mol. The van der Waals surface area contributed by atoms with Crippen molar-refractivity contribution in [2.24, 2.45) is 13.0 Å². The molecule has 0 spiro atoms. The first-order valence-electron chi connectivity index (χ1n) is 11.1. The van der Waals surface area contributed by atoms with E-state index in [1.54, 1.807) is 6.20 Å². The number of hydrogen-bond acceptors (Lipinski definition) is 4. The molecule has 0 aromatic carbocycles. The average Bonchev–Trinajstić information content (AvgIpc) is 3.15. The zero-order valence-electron chi connectivity index (χ0n) is 18.3. The van der Waals surface area contributed by atoms with Crippen LogP contribution in [0.3, 0.4) is 0 Å². The van der Waals surface area contributed by atoms with Crippen LogP contribution in [0, 0.1) is 5.92 Å². The molecular formula is C22H37N5O2. The van der Waals surface area contributed by atoms with Gasteiger partial charge >= 0.3 is 0 Å². The first kappa shape index (κ1) is 21.8. The quantitative estimate of drug-likeness (QED) is 0.698. The summed E-state index contributed by atoms with van der Waals surface area (Å²) in [7, 11) is 6.02. The van der Waals surface area contributed by atoms with Crippen LogP contribution in [-0.2, 0) is 23.1 Å². The van der Waals surface area contributed by atoms with Crippen molar-refractivity contribution in [3.8, 4) is 0 Å². The second-order valence-corrected chi connectivity index (χ2v) is 8.87. The van der Waals surface area contributed by atoms with Gasteiger partial charge in [0.2, 0.25) is 11.8 Å². The van der Waals surface area contributed by atoms with E-state index < -0.39 is 0 Å². The Kier molecular flexibility index (Phi) is 7.70. The van der Waals surface area contributed by atoms with E-state index in [0.717, 1.165) is 70.4 Å². The van der Waals surface area contributed by atoms with E-state index in [1.165, 1.54) is 0 Å². The number of aryl methyl sites for hydroxylation is 2. The van der Waals surface area contributed by atoms with Gasteiger partial charge in [0.25, 0.3) is 0 Å². The third-order valence-electron chi connectivity index (χ3n) is 6.78. The minimum Gasteiger partial charge on any atom is -0.343 e. The zero-order chi connectivity index (χ0) is 20.8. The fourth-order valence-electron chi connectivity index (χ4n) is 4.66. The molecule has 2 fully saturated rings. The fourth-order valence-corrected chi connectivity index (χ4v) is 4.66. The molecule has 2 amide bonds. The highest BCUT2D eigenvalue weighted by atomic mass is 16.2. The van der Waals surface area contributed by atoms with E-state index >= 15 is 0 Å². The number of nitrogens with zero attached hydrogens (tertiary/aromatic N) is 5. The Bertz CT molecular complexity index is 680. The molecule has 0 aliphatic carbocycles. The lowest BCUT2D eigenvalue weighted by molar-refractivity contribution is -0.133. The SMILES string of the molecule is CN1CCC(N(C)C(=O)CC[C@@H]2CCCN(C(=O)CCc3ccnn3C)C2)CC1. The van der Waals surface area contributed by atoms with E-state index in [9.17, 15) is 9.59 Å². The van der Waals surface area contributed by atoms with Crippen molar-refractivity contribution in [2.75, 3.05) is 40.3 Å². The molecule has 2 aliphatic rings. The summed E-state index contributed by atoms with van der Waals surface area (Å²) in [5.74, 6) is 0.934. The van der Waals surface area contributed by atoms with Gasteiger partial charge in [-0.15, -0.1) is 0 Å². The first-order chi connectivity index (χ1) is 13.9. The third-order valence-corrected chi connectivity index (χ3v) is 6.78. The van der Waals surface area contributed by atoms with Crippen LogP contribution in [0.2, 0.25) is 0 Å². The van der Waals surface area contributed by atoms with Crippen LogP contribution in [0.5, 0.6) is 0 Å². The van der Waals surface area contributed by atoms with Crippen LogP contribution in [-0.4, -0.2) is 82.6 Å². The number of carbonyl (C=O) groups excluding carboxylic acids is 2. The molecule has 1 aromatic heterocycles. The van der Waals surface area contributed by atoms with Crippen molar-refractivity contribution < 1.29 is 9.59 Å². The van der Waals surface area contributed by atoms with Crippen molar-refractivity contribution in [3.05, 3.63) is 18.0 Å². The van der Waals surface area contributed by atoms with Crippen LogP contribution < -0.4 is 0 Å². The van der Waals surface area contributed by atoms with E-state index in [-0.39, 0.29) is 11.8 Å². The smallest absolute Gasteiger partial charge is 0.222 e. The molecular weight excluding hydrogens is 366 g/mol. The molecule has 1 atom stereocenters. The Morgan fingerprint density at radius 3 is 2.59 bits per heavy atom. The van der Waals surface area contributed by atoms with Crippen LogP contribution >= 0.6 is 0 Å². The Morgan fingerprint density at radius 1 is 1.14 bits per heavy atom. The number of aromatic nitrogens is 2. The van der Waals surface area contributed by atoms with Gasteiger partial charge in [-0.1, -0.05) is 0 Å². The Labute approximate surface area is 175 Å². The lowest BCUT2D eigenvalue weighted by atomic mass is 9.92. The highest BCUT2D eigenvalue weighted by molar-refractivity contribution is 5.77. The molecule has 3 rings (SSSR count). The predicted octanol–water partition coefficient (Wildman–Crippen LogP) is 1.92. The van der Waals surface area contributed by atoms with Crippen molar-refractivity contribution in [1.29, 1.82) is 0 Å². The van der Waals surface area contributed by atoms with Gasteiger partial charge < -0.3 is 14.7 Å². The van der Waals surface area contributed by atoms with Crippen molar-refractivity contribution >= 4 is 11.8 Å². The molecule has 29 heavy (non-hydrogen) atoms. The Hall–Kier alpha value is -1.89. The second-order valence-electron chi connectivity index (χ2n) is 8.87. The summed E-state index contributed by atoms with van der Waals surface area (Å²) >= 11 is 0. The topological polar surface area (TPSA) is 61.7 Å². The maximum Gasteiger partial charge on any atom is 0.222 e. The van der Waals surface area contributed by atoms with Crippen LogP contribution in [0.15, 0.2) is 12.3 Å². The van der Waals surface area contributed by atoms with Crippen LogP contribution in [0.4, 0.5) is 0 Å². The molecule has 0 radical (unpaired) electrons. The summed E-state index contributed by atoms with van der Waals surface area (Å²) in [5.41, 5.74) is 1.09. The zero-order valence-corrected chi connectivity index (χ0v) is 18.3. The van der Waals surface area contributed by atoms with E-state index in [1.807, 2.05) is 34.6 Å². The van der Waals surface area contributed by atoms with Gasteiger partial charge in [-0.3, -0.25) is 14.3 Å². The summed E-state index contributed by atoms with van der Waals surface area (Å²) in [6, 6.07) is 2.36. The predicted molar refractivity (Wildman–Crippen MR) is 113 cm³/mol. The lowest BCUT2D eigenvalue weighted by Crippen LogP contribution is -2.45. The van der Waals surface area contributed by atoms with Gasteiger partial charge in [-0.25, -0.2) is 0 Å². The minimum absolute atomic E-state index is 0.227. The number of piperidine rings is 2. The molecule has 7 heteroatoms. The molecule has 162 valence electrons. The van der Waals surface area contributed by atoms with Crippen molar-refractivity contribution in [3.63, 3.8) is 0 Å². The largest absolute Gasteiger partial charge is 0.343 e. The molecule has 0 saturated carbocycles. The minimum atomic E-state index is 0.227. The maximum absolute atomic E-state index is 12.7. The summed E-state index contributed by atoms with van der Waals surface area (Å²) < 4.78 is 1.83. The van der Waals surface area contributed by atoms with Gasteiger partial charge in [-0.05, 0) is 70.6 Å². The number of likely N-dealkylation sites (tertiary alicyclic amines) is 2. The maximum atomic E-state index is 12.7. The van der Waals surface area contributed by atoms with Crippen molar-refractivity contribution in [1.82, 2.24) is 24.5 Å². The van der Waals surface area contributed by atoms with E-state index in [4.69, 9.17) is 0 Å². The summed E-state index contributed by atoms with van der Waals surface area (Å²) in [6.07, 6.45) is 8.84. The summed E-state index contributed by atoms with van der Waals surface area (Å²) in [5, 5.41) is 4.17. The van der Waals surface area contributed by atoms with Gasteiger partial charge in [0.15, 0.2) is 0 Å². The molecule has 0 unspecified atom stereocenters. The molecule has 7 nitrogen and oxygen atoms in total. The Balaban J connectivity index is 1.40. The Morgan fingerprint density at radius 2 is 1.90 bits per heavy atom. The molecule has 2 saturated heterocycles. The van der Waals surface area contributed by atoms with Gasteiger partial charge in [0, 0.05) is 58.0 Å². The summed E-state index contributed by atoms with van der Waals surface area (Å²) in [6.45, 7) is 3.79. The van der Waals surface area contributed by atoms with Crippen LogP contribution in [0.1, 0.15) is 50.6 Å². The normalized spacial score (nSPS) is 21.3. The van der Waals surface area contributed by atoms with E-state index in [2.05, 4.69) is 17.0 Å². The van der Waals surface area contributed by atoms with E-state index in [0.29, 0.717) is 24.8 Å². The molecule has 2 aliphatic heterocycles. The molecule has 0 N–H and O–H groups in total. The highest BCUT2D eigenvalue weighted by Gasteiger charge is 2.27. The number of carbonyl (C=O) groups is 2. The molecule has 1 aromatic rings. The second kappa shape index (κ2) is 10.2. The average molecular weight is 404 g/mol. The lowest BCUT2D eigenvalue weighted by Gasteiger charge is -2.36. The van der Waals surface area contributed by atoms with Gasteiger partial charge in [0.1, 0.15) is 0 Å². The third kappa shape index (κ3) is 6.04. The number of rotatable bonds is 7. The van der Waals surface area contributed by atoms with Crippen molar-refractivity contribution in [2.45, 2.75) is 57.4 Å². The fraction of sp³-hybridized carbons (Fsp3) is 0.773. The highest BCUT2D eigenvalue weighted by Crippen LogP contribution is 2.23. The first-order valence-corrected chi connectivity index (χ1v) is 11.1. The standard InChI is InChI=1S/C22H37N5O2/c1-24-15-11-19(12-16-24)25(2)21(28)8-6-18-5-4-14-27(17-18)22(29)9-7-20-10-13-23-26(20)3/h10,13,18-19H,4-9,11-12,14-17H2,1-3H3/t18-/m0/s1. The van der Waals surface area contributed by atoms with Crippen LogP contribution in [0.25, 0.3) is 0 Å². The number of amides is 2. The molecule has 3 heterocycles.